The molecule has 0 aliphatic carbocycles. The number of thiophene rings is 1. The van der Waals surface area contributed by atoms with Gasteiger partial charge in [0.2, 0.25) is 0 Å². The number of nitrogens with zero attached hydrogens (tertiary/aromatic N) is 2. The van der Waals surface area contributed by atoms with E-state index in [1.165, 1.54) is 55.2 Å². The van der Waals surface area contributed by atoms with Crippen LogP contribution in [-0.4, -0.2) is 48.6 Å². The Kier molecular flexibility index (Phi) is 4.22. The van der Waals surface area contributed by atoms with Crippen LogP contribution in [0.4, 0.5) is 0 Å². The molecule has 0 spiro atoms. The molecule has 106 valence electrons. The van der Waals surface area contributed by atoms with E-state index >= 15 is 0 Å². The molecule has 2 N–H and O–H groups in total. The van der Waals surface area contributed by atoms with E-state index in [2.05, 4.69) is 28.9 Å². The van der Waals surface area contributed by atoms with Crippen LogP contribution in [0.15, 0.2) is 12.1 Å². The maximum absolute atomic E-state index is 6.04. The third-order valence-electron chi connectivity index (χ3n) is 4.61. The van der Waals surface area contributed by atoms with Crippen LogP contribution in [0.2, 0.25) is 0 Å². The second kappa shape index (κ2) is 5.92. The van der Waals surface area contributed by atoms with Crippen LogP contribution in [0.3, 0.4) is 0 Å². The van der Waals surface area contributed by atoms with E-state index in [1.807, 2.05) is 11.3 Å². The summed E-state index contributed by atoms with van der Waals surface area (Å²) < 4.78 is 0. The van der Waals surface area contributed by atoms with Crippen LogP contribution in [0.25, 0.3) is 0 Å². The van der Waals surface area contributed by atoms with Crippen LogP contribution in [-0.2, 0) is 0 Å². The van der Waals surface area contributed by atoms with Crippen LogP contribution in [0, 0.1) is 6.92 Å². The summed E-state index contributed by atoms with van der Waals surface area (Å²) in [6, 6.07) is 5.70. The van der Waals surface area contributed by atoms with Gasteiger partial charge in [-0.05, 0) is 51.4 Å². The molecule has 2 aliphatic rings. The zero-order valence-electron chi connectivity index (χ0n) is 11.8. The SMILES string of the molecule is Cc1ccc(C(CN)N2CCC(N3CCCC3)C2)s1. The van der Waals surface area contributed by atoms with Gasteiger partial charge in [0.25, 0.3) is 0 Å². The highest BCUT2D eigenvalue weighted by atomic mass is 32.1. The Morgan fingerprint density at radius 1 is 1.32 bits per heavy atom. The van der Waals surface area contributed by atoms with Gasteiger partial charge in [-0.2, -0.15) is 0 Å². The molecule has 3 rings (SSSR count). The summed E-state index contributed by atoms with van der Waals surface area (Å²) >= 11 is 1.91. The van der Waals surface area contributed by atoms with Crippen molar-refractivity contribution in [2.45, 2.75) is 38.3 Å². The Morgan fingerprint density at radius 3 is 2.74 bits per heavy atom. The van der Waals surface area contributed by atoms with Gasteiger partial charge >= 0.3 is 0 Å². The molecule has 0 aromatic carbocycles. The number of hydrogen-bond acceptors (Lipinski definition) is 4. The van der Waals surface area contributed by atoms with Crippen molar-refractivity contribution in [3.8, 4) is 0 Å². The van der Waals surface area contributed by atoms with E-state index in [1.54, 1.807) is 0 Å². The maximum atomic E-state index is 6.04. The zero-order chi connectivity index (χ0) is 13.2. The minimum absolute atomic E-state index is 0.436. The Morgan fingerprint density at radius 2 is 2.11 bits per heavy atom. The fraction of sp³-hybridized carbons (Fsp3) is 0.733. The van der Waals surface area contributed by atoms with E-state index in [4.69, 9.17) is 5.73 Å². The zero-order valence-corrected chi connectivity index (χ0v) is 12.7. The lowest BCUT2D eigenvalue weighted by Gasteiger charge is -2.28. The highest BCUT2D eigenvalue weighted by Crippen LogP contribution is 2.31. The predicted octanol–water partition coefficient (Wildman–Crippen LogP) is 2.23. The van der Waals surface area contributed by atoms with Gasteiger partial charge in [-0.25, -0.2) is 0 Å². The fourth-order valence-electron chi connectivity index (χ4n) is 3.53. The summed E-state index contributed by atoms with van der Waals surface area (Å²) in [6.45, 7) is 7.96. The molecule has 0 bridgehead atoms. The molecule has 0 amide bonds. The molecule has 0 saturated carbocycles. The first kappa shape index (κ1) is 13.6. The monoisotopic (exact) mass is 279 g/mol. The molecule has 4 heteroatoms. The molecular formula is C15H25N3S. The van der Waals surface area contributed by atoms with Gasteiger partial charge in [-0.1, -0.05) is 0 Å². The van der Waals surface area contributed by atoms with Crippen LogP contribution >= 0.6 is 11.3 Å². The van der Waals surface area contributed by atoms with E-state index < -0.39 is 0 Å². The topological polar surface area (TPSA) is 32.5 Å². The van der Waals surface area contributed by atoms with Crippen molar-refractivity contribution in [1.82, 2.24) is 9.80 Å². The summed E-state index contributed by atoms with van der Waals surface area (Å²) in [7, 11) is 0. The molecule has 3 heterocycles. The Balaban J connectivity index is 1.65. The first-order valence-electron chi connectivity index (χ1n) is 7.52. The fourth-order valence-corrected chi connectivity index (χ4v) is 4.56. The van der Waals surface area contributed by atoms with Gasteiger partial charge in [0.15, 0.2) is 0 Å². The highest BCUT2D eigenvalue weighted by Gasteiger charge is 2.33. The standard InChI is InChI=1S/C15H25N3S/c1-12-4-5-15(19-12)14(10-16)18-9-6-13(11-18)17-7-2-3-8-17/h4-5,13-14H,2-3,6-11,16H2,1H3. The summed E-state index contributed by atoms with van der Waals surface area (Å²) in [5, 5.41) is 0. The molecule has 1 aromatic heterocycles. The normalized spacial score (nSPS) is 27.2. The van der Waals surface area contributed by atoms with Gasteiger partial charge in [0.1, 0.15) is 0 Å². The smallest absolute Gasteiger partial charge is 0.0564 e. The highest BCUT2D eigenvalue weighted by molar-refractivity contribution is 7.12. The number of likely N-dealkylation sites (tertiary alicyclic amines) is 2. The van der Waals surface area contributed by atoms with Gasteiger partial charge < -0.3 is 5.73 Å². The van der Waals surface area contributed by atoms with Gasteiger partial charge in [0, 0.05) is 35.4 Å². The van der Waals surface area contributed by atoms with Crippen LogP contribution in [0.5, 0.6) is 0 Å². The van der Waals surface area contributed by atoms with Gasteiger partial charge in [-0.3, -0.25) is 9.80 Å². The number of hydrogen-bond donors (Lipinski definition) is 1. The molecule has 3 nitrogen and oxygen atoms in total. The molecule has 2 aliphatic heterocycles. The molecule has 19 heavy (non-hydrogen) atoms. The van der Waals surface area contributed by atoms with Crippen LogP contribution in [0.1, 0.15) is 35.1 Å². The van der Waals surface area contributed by atoms with E-state index in [0.717, 1.165) is 12.6 Å². The maximum Gasteiger partial charge on any atom is 0.0564 e. The molecule has 2 unspecified atom stereocenters. The van der Waals surface area contributed by atoms with E-state index in [-0.39, 0.29) is 0 Å². The molecule has 2 atom stereocenters. The van der Waals surface area contributed by atoms with E-state index in [9.17, 15) is 0 Å². The largest absolute Gasteiger partial charge is 0.329 e. The van der Waals surface area contributed by atoms with Gasteiger partial charge in [0.05, 0.1) is 6.04 Å². The summed E-state index contributed by atoms with van der Waals surface area (Å²) in [4.78, 5) is 8.13. The first-order chi connectivity index (χ1) is 9.28. The quantitative estimate of drug-likeness (QED) is 0.917. The lowest BCUT2D eigenvalue weighted by molar-refractivity contribution is 0.204. The van der Waals surface area contributed by atoms with Crippen molar-refractivity contribution >= 4 is 11.3 Å². The molecule has 2 fully saturated rings. The second-order valence-corrected chi connectivity index (χ2v) is 7.20. The van der Waals surface area contributed by atoms with Crippen molar-refractivity contribution < 1.29 is 0 Å². The van der Waals surface area contributed by atoms with Crippen molar-refractivity contribution in [3.63, 3.8) is 0 Å². The van der Waals surface area contributed by atoms with Crippen molar-refractivity contribution in [1.29, 1.82) is 0 Å². The third-order valence-corrected chi connectivity index (χ3v) is 5.71. The first-order valence-corrected chi connectivity index (χ1v) is 8.34. The average molecular weight is 279 g/mol. The number of nitrogens with two attached hydrogens (primary N) is 1. The third kappa shape index (κ3) is 2.87. The lowest BCUT2D eigenvalue weighted by Crippen LogP contribution is -2.37. The molecule has 2 saturated heterocycles. The van der Waals surface area contributed by atoms with Crippen molar-refractivity contribution in [2.75, 3.05) is 32.7 Å². The summed E-state index contributed by atoms with van der Waals surface area (Å²) in [5.41, 5.74) is 6.04. The van der Waals surface area contributed by atoms with Gasteiger partial charge in [-0.15, -0.1) is 11.3 Å². The molecule has 0 radical (unpaired) electrons. The Labute approximate surface area is 120 Å². The lowest BCUT2D eigenvalue weighted by atomic mass is 10.2. The summed E-state index contributed by atoms with van der Waals surface area (Å²) in [6.07, 6.45) is 4.10. The predicted molar refractivity (Wildman–Crippen MR) is 81.6 cm³/mol. The van der Waals surface area contributed by atoms with Crippen molar-refractivity contribution in [3.05, 3.63) is 21.9 Å². The minimum Gasteiger partial charge on any atom is -0.329 e. The minimum atomic E-state index is 0.436. The Hall–Kier alpha value is -0.420. The van der Waals surface area contributed by atoms with Crippen LogP contribution < -0.4 is 5.73 Å². The second-order valence-electron chi connectivity index (χ2n) is 5.88. The molecular weight excluding hydrogens is 254 g/mol. The molecule has 1 aromatic rings. The summed E-state index contributed by atoms with van der Waals surface area (Å²) in [5.74, 6) is 0. The van der Waals surface area contributed by atoms with Crippen molar-refractivity contribution in [2.24, 2.45) is 5.73 Å². The number of aryl methyl sites for hydroxylation is 1. The van der Waals surface area contributed by atoms with E-state index in [0.29, 0.717) is 6.04 Å². The average Bonchev–Trinajstić information content (AvgIpc) is 3.10. The number of rotatable bonds is 4. The Bertz CT molecular complexity index is 411.